The van der Waals surface area contributed by atoms with Crippen LogP contribution in [-0.4, -0.2) is 70.4 Å². The van der Waals surface area contributed by atoms with Gasteiger partial charge in [0, 0.05) is 26.9 Å². The average molecular weight is 495 g/mol. The van der Waals surface area contributed by atoms with Crippen molar-refractivity contribution in [1.29, 1.82) is 0 Å². The summed E-state index contributed by atoms with van der Waals surface area (Å²) in [5, 5.41) is 0. The maximum atomic E-state index is 13.4. The monoisotopic (exact) mass is 494 g/mol. The van der Waals surface area contributed by atoms with Crippen molar-refractivity contribution in [3.8, 4) is 0 Å². The first-order valence-electron chi connectivity index (χ1n) is 11.7. The average Bonchev–Trinajstić information content (AvgIpc) is 3.24. The topological polar surface area (TPSA) is 112 Å². The summed E-state index contributed by atoms with van der Waals surface area (Å²) in [7, 11) is 0. The molecule has 10 nitrogen and oxygen atoms in total. The van der Waals surface area contributed by atoms with Crippen LogP contribution in [0.2, 0.25) is 0 Å². The molecule has 2 aromatic carbocycles. The molecule has 2 aromatic rings. The summed E-state index contributed by atoms with van der Waals surface area (Å²) in [5.41, 5.74) is 1.67. The van der Waals surface area contributed by atoms with Gasteiger partial charge in [0.05, 0.1) is 0 Å². The van der Waals surface area contributed by atoms with Gasteiger partial charge in [-0.05, 0) is 11.1 Å². The van der Waals surface area contributed by atoms with Gasteiger partial charge in [-0.2, -0.15) is 0 Å². The lowest BCUT2D eigenvalue weighted by molar-refractivity contribution is -0.276. The number of carbonyl (C=O) groups is 4. The third-order valence-corrected chi connectivity index (χ3v) is 6.40. The molecule has 0 bridgehead atoms. The van der Waals surface area contributed by atoms with Crippen LogP contribution in [0.5, 0.6) is 0 Å². The molecule has 10 heteroatoms. The van der Waals surface area contributed by atoms with Crippen LogP contribution in [0.1, 0.15) is 25.0 Å². The SMILES string of the molecule is CC(=O)O[C@@H]1C(=O)N(Cc2ccccc2)[C@@H]2O[C@H]3[C@@H](O[C@H]12)N(Cc1ccccc1)C(=O)[C@@H]3OC(C)=O. The highest BCUT2D eigenvalue weighted by atomic mass is 16.7. The number of likely N-dealkylation sites (tertiary alicyclic amines) is 2. The second-order valence-electron chi connectivity index (χ2n) is 8.95. The number of benzene rings is 2. The molecule has 3 aliphatic rings. The third-order valence-electron chi connectivity index (χ3n) is 6.40. The van der Waals surface area contributed by atoms with Crippen molar-refractivity contribution >= 4 is 23.8 Å². The van der Waals surface area contributed by atoms with Crippen molar-refractivity contribution in [2.45, 2.75) is 63.8 Å². The van der Waals surface area contributed by atoms with E-state index in [2.05, 4.69) is 0 Å². The van der Waals surface area contributed by atoms with E-state index in [9.17, 15) is 19.2 Å². The van der Waals surface area contributed by atoms with Gasteiger partial charge in [0.15, 0.2) is 24.7 Å². The van der Waals surface area contributed by atoms with Gasteiger partial charge in [0.25, 0.3) is 11.8 Å². The second-order valence-corrected chi connectivity index (χ2v) is 8.95. The number of carbonyl (C=O) groups excluding carboxylic acids is 4. The molecule has 0 radical (unpaired) electrons. The van der Waals surface area contributed by atoms with Gasteiger partial charge < -0.3 is 28.7 Å². The molecule has 36 heavy (non-hydrogen) atoms. The molecule has 6 atom stereocenters. The number of amides is 2. The van der Waals surface area contributed by atoms with E-state index in [-0.39, 0.29) is 13.1 Å². The van der Waals surface area contributed by atoms with Crippen LogP contribution in [0, 0.1) is 0 Å². The molecule has 3 fully saturated rings. The first-order chi connectivity index (χ1) is 17.3. The normalized spacial score (nSPS) is 29.1. The summed E-state index contributed by atoms with van der Waals surface area (Å²) >= 11 is 0. The van der Waals surface area contributed by atoms with Gasteiger partial charge in [0.1, 0.15) is 0 Å². The summed E-state index contributed by atoms with van der Waals surface area (Å²) in [6, 6.07) is 18.5. The molecule has 3 saturated heterocycles. The number of hydrogen-bond donors (Lipinski definition) is 0. The Morgan fingerprint density at radius 3 is 1.39 bits per heavy atom. The third kappa shape index (κ3) is 4.45. The minimum atomic E-state index is -1.24. The van der Waals surface area contributed by atoms with Gasteiger partial charge >= 0.3 is 11.9 Å². The van der Waals surface area contributed by atoms with E-state index in [4.69, 9.17) is 18.9 Å². The Morgan fingerprint density at radius 1 is 0.694 bits per heavy atom. The highest BCUT2D eigenvalue weighted by Gasteiger charge is 2.63. The van der Waals surface area contributed by atoms with Crippen LogP contribution in [0.3, 0.4) is 0 Å². The number of nitrogens with zero attached hydrogens (tertiary/aromatic N) is 2. The molecule has 5 rings (SSSR count). The van der Waals surface area contributed by atoms with Crippen molar-refractivity contribution in [3.05, 3.63) is 71.8 Å². The zero-order chi connectivity index (χ0) is 25.4. The molecule has 0 aromatic heterocycles. The van der Waals surface area contributed by atoms with Crippen LogP contribution in [-0.2, 0) is 51.2 Å². The fraction of sp³-hybridized carbons (Fsp3) is 0.385. The molecule has 0 unspecified atom stereocenters. The van der Waals surface area contributed by atoms with Crippen molar-refractivity contribution in [2.24, 2.45) is 0 Å². The van der Waals surface area contributed by atoms with Crippen LogP contribution >= 0.6 is 0 Å². The molecule has 188 valence electrons. The van der Waals surface area contributed by atoms with E-state index in [1.54, 1.807) is 0 Å². The highest BCUT2D eigenvalue weighted by molar-refractivity contribution is 5.88. The zero-order valence-electron chi connectivity index (χ0n) is 19.8. The largest absolute Gasteiger partial charge is 0.449 e. The summed E-state index contributed by atoms with van der Waals surface area (Å²) in [6.07, 6.45) is -6.34. The van der Waals surface area contributed by atoms with Crippen molar-refractivity contribution in [2.75, 3.05) is 0 Å². The van der Waals surface area contributed by atoms with Crippen LogP contribution in [0.4, 0.5) is 0 Å². The minimum Gasteiger partial charge on any atom is -0.449 e. The molecule has 3 aliphatic heterocycles. The van der Waals surface area contributed by atoms with Gasteiger partial charge in [-0.15, -0.1) is 0 Å². The molecule has 0 aliphatic carbocycles. The van der Waals surface area contributed by atoms with Crippen molar-refractivity contribution < 1.29 is 38.1 Å². The summed E-state index contributed by atoms with van der Waals surface area (Å²) in [5.74, 6) is -2.20. The smallest absolute Gasteiger partial charge is 0.303 e. The predicted molar refractivity (Wildman–Crippen MR) is 122 cm³/mol. The molecule has 0 N–H and O–H groups in total. The molecule has 2 amide bonds. The Kier molecular flexibility index (Phi) is 6.46. The van der Waals surface area contributed by atoms with Crippen LogP contribution in [0.25, 0.3) is 0 Å². The van der Waals surface area contributed by atoms with E-state index in [0.717, 1.165) is 11.1 Å². The van der Waals surface area contributed by atoms with Gasteiger partial charge in [-0.3, -0.25) is 19.2 Å². The molecule has 0 spiro atoms. The van der Waals surface area contributed by atoms with E-state index >= 15 is 0 Å². The second kappa shape index (κ2) is 9.71. The molecular formula is C26H26N2O8. The Hall–Kier alpha value is -3.76. The zero-order valence-corrected chi connectivity index (χ0v) is 19.8. The van der Waals surface area contributed by atoms with Crippen molar-refractivity contribution in [1.82, 2.24) is 9.80 Å². The first-order valence-corrected chi connectivity index (χ1v) is 11.7. The number of rotatable bonds is 6. The van der Waals surface area contributed by atoms with Crippen LogP contribution in [0.15, 0.2) is 60.7 Å². The summed E-state index contributed by atoms with van der Waals surface area (Å²) < 4.78 is 23.3. The van der Waals surface area contributed by atoms with E-state index in [0.29, 0.717) is 0 Å². The Morgan fingerprint density at radius 2 is 1.06 bits per heavy atom. The molecule has 3 heterocycles. The lowest BCUT2D eigenvalue weighted by Gasteiger charge is -2.40. The summed E-state index contributed by atoms with van der Waals surface area (Å²) in [4.78, 5) is 53.2. The standard InChI is InChI=1S/C26H26N2O8/c1-15(29)33-19-21-25(27(23(19)31)13-17-9-5-3-6-10-17)36-22-20(34-16(2)30)24(32)28(26(22)35-21)14-18-11-7-4-8-12-18/h3-12,19-22,25-26H,13-14H2,1-2H3/t19-,20+,21-,22-,25-,26-/m1/s1. The molecular weight excluding hydrogens is 468 g/mol. The van der Waals surface area contributed by atoms with Crippen LogP contribution < -0.4 is 0 Å². The maximum Gasteiger partial charge on any atom is 0.303 e. The maximum absolute atomic E-state index is 13.4. The summed E-state index contributed by atoms with van der Waals surface area (Å²) in [6.45, 7) is 2.79. The van der Waals surface area contributed by atoms with E-state index in [1.165, 1.54) is 23.6 Å². The predicted octanol–water partition coefficient (Wildman–Crippen LogP) is 1.37. The number of esters is 2. The number of hydrogen-bond acceptors (Lipinski definition) is 8. The number of fused-ring (bicyclic) bond motifs is 2. The van der Waals surface area contributed by atoms with E-state index in [1.807, 2.05) is 60.7 Å². The Bertz CT molecular complexity index is 1070. The van der Waals surface area contributed by atoms with Crippen molar-refractivity contribution in [3.63, 3.8) is 0 Å². The highest BCUT2D eigenvalue weighted by Crippen LogP contribution is 2.40. The van der Waals surface area contributed by atoms with Gasteiger partial charge in [-0.1, -0.05) is 60.7 Å². The minimum absolute atomic E-state index is 0.180. The fourth-order valence-electron chi connectivity index (χ4n) is 4.90. The van der Waals surface area contributed by atoms with Gasteiger partial charge in [0.2, 0.25) is 12.2 Å². The Labute approximate surface area is 207 Å². The molecule has 0 saturated carbocycles. The quantitative estimate of drug-likeness (QED) is 0.554. The van der Waals surface area contributed by atoms with Gasteiger partial charge in [-0.25, -0.2) is 0 Å². The number of ether oxygens (including phenoxy) is 4. The first kappa shape index (κ1) is 24.0. The fourth-order valence-corrected chi connectivity index (χ4v) is 4.90. The lowest BCUT2D eigenvalue weighted by Crippen LogP contribution is -2.56. The van der Waals surface area contributed by atoms with E-state index < -0.39 is 60.6 Å². The Balaban J connectivity index is 1.47. The lowest BCUT2D eigenvalue weighted by atomic mass is 10.1.